The predicted octanol–water partition coefficient (Wildman–Crippen LogP) is 1.62. The molecule has 1 aliphatic rings. The molecule has 0 aliphatic heterocycles. The molecule has 0 radical (unpaired) electrons. The van der Waals surface area contributed by atoms with Gasteiger partial charge in [0.25, 0.3) is 5.91 Å². The topological polar surface area (TPSA) is 107 Å². The van der Waals surface area contributed by atoms with Gasteiger partial charge < -0.3 is 20.6 Å². The maximum atomic E-state index is 12.2. The summed E-state index contributed by atoms with van der Waals surface area (Å²) in [5, 5.41) is 30.9. The first-order valence-corrected chi connectivity index (χ1v) is 6.53. The van der Waals surface area contributed by atoms with Crippen LogP contribution in [0, 0.1) is 0 Å². The second-order valence-electron chi connectivity index (χ2n) is 5.08. The summed E-state index contributed by atoms with van der Waals surface area (Å²) >= 11 is 0. The van der Waals surface area contributed by atoms with Gasteiger partial charge in [0, 0.05) is 0 Å². The van der Waals surface area contributed by atoms with E-state index in [0.29, 0.717) is 12.8 Å². The van der Waals surface area contributed by atoms with Crippen LogP contribution in [0.2, 0.25) is 0 Å². The number of nitrogens with one attached hydrogen (secondary N) is 1. The van der Waals surface area contributed by atoms with Crippen molar-refractivity contribution in [2.45, 2.75) is 37.6 Å². The molecule has 0 aromatic heterocycles. The molecule has 0 saturated heterocycles. The summed E-state index contributed by atoms with van der Waals surface area (Å²) in [6.07, 6.45) is 3.15. The molecule has 0 atom stereocenters. The standard InChI is InChI=1S/C14H17NO5/c16-10-6-4-5-9(11(10)17)12(18)15-14(13(19)20)7-2-1-3-8-14/h4-6,16-17H,1-3,7-8H2,(H,15,18)(H,19,20). The maximum Gasteiger partial charge on any atom is 0.329 e. The zero-order valence-electron chi connectivity index (χ0n) is 10.9. The van der Waals surface area contributed by atoms with Crippen molar-refractivity contribution in [3.63, 3.8) is 0 Å². The van der Waals surface area contributed by atoms with Crippen molar-refractivity contribution in [3.8, 4) is 11.5 Å². The number of phenolic OH excluding ortho intramolecular Hbond substituents is 2. The molecule has 1 amide bonds. The SMILES string of the molecule is O=C(NC1(C(=O)O)CCCCC1)c1cccc(O)c1O. The molecule has 6 nitrogen and oxygen atoms in total. The molecule has 0 heterocycles. The van der Waals surface area contributed by atoms with E-state index in [4.69, 9.17) is 0 Å². The molecule has 2 rings (SSSR count). The summed E-state index contributed by atoms with van der Waals surface area (Å²) in [4.78, 5) is 23.6. The fourth-order valence-corrected chi connectivity index (χ4v) is 2.55. The lowest BCUT2D eigenvalue weighted by molar-refractivity contribution is -0.145. The molecule has 1 aromatic carbocycles. The van der Waals surface area contributed by atoms with E-state index < -0.39 is 28.9 Å². The second-order valence-corrected chi connectivity index (χ2v) is 5.08. The Morgan fingerprint density at radius 1 is 1.10 bits per heavy atom. The first kappa shape index (κ1) is 14.2. The van der Waals surface area contributed by atoms with Crippen molar-refractivity contribution < 1.29 is 24.9 Å². The van der Waals surface area contributed by atoms with E-state index in [0.717, 1.165) is 19.3 Å². The van der Waals surface area contributed by atoms with Gasteiger partial charge >= 0.3 is 5.97 Å². The van der Waals surface area contributed by atoms with Crippen LogP contribution in [-0.2, 0) is 4.79 Å². The quantitative estimate of drug-likeness (QED) is 0.629. The van der Waals surface area contributed by atoms with E-state index in [9.17, 15) is 24.9 Å². The van der Waals surface area contributed by atoms with Crippen LogP contribution < -0.4 is 5.32 Å². The van der Waals surface area contributed by atoms with Crippen LogP contribution >= 0.6 is 0 Å². The third kappa shape index (κ3) is 2.54. The minimum absolute atomic E-state index is 0.129. The van der Waals surface area contributed by atoms with E-state index >= 15 is 0 Å². The number of carboxylic acid groups (broad SMARTS) is 1. The van der Waals surface area contributed by atoms with E-state index in [1.165, 1.54) is 18.2 Å². The smallest absolute Gasteiger partial charge is 0.329 e. The molecule has 0 unspecified atom stereocenters. The number of carbonyl (C=O) groups excluding carboxylic acids is 1. The predicted molar refractivity (Wildman–Crippen MR) is 70.7 cm³/mol. The molecule has 0 spiro atoms. The van der Waals surface area contributed by atoms with Gasteiger partial charge in [-0.1, -0.05) is 25.3 Å². The van der Waals surface area contributed by atoms with Gasteiger partial charge in [-0.05, 0) is 25.0 Å². The van der Waals surface area contributed by atoms with E-state index in [2.05, 4.69) is 5.32 Å². The highest BCUT2D eigenvalue weighted by atomic mass is 16.4. The lowest BCUT2D eigenvalue weighted by atomic mass is 9.81. The number of aliphatic carboxylic acids is 1. The van der Waals surface area contributed by atoms with Crippen molar-refractivity contribution >= 4 is 11.9 Å². The zero-order chi connectivity index (χ0) is 14.8. The summed E-state index contributed by atoms with van der Waals surface area (Å²) in [6, 6.07) is 4.00. The minimum Gasteiger partial charge on any atom is -0.504 e. The molecule has 1 fully saturated rings. The summed E-state index contributed by atoms with van der Waals surface area (Å²) in [6.45, 7) is 0. The molecule has 20 heavy (non-hydrogen) atoms. The van der Waals surface area contributed by atoms with Gasteiger partial charge in [-0.25, -0.2) is 4.79 Å². The van der Waals surface area contributed by atoms with Crippen LogP contribution in [0.25, 0.3) is 0 Å². The largest absolute Gasteiger partial charge is 0.504 e. The number of carboxylic acids is 1. The number of amides is 1. The van der Waals surface area contributed by atoms with Crippen molar-refractivity contribution in [2.24, 2.45) is 0 Å². The molecule has 0 bridgehead atoms. The maximum absolute atomic E-state index is 12.2. The third-order valence-corrected chi connectivity index (χ3v) is 3.73. The molecular weight excluding hydrogens is 262 g/mol. The average molecular weight is 279 g/mol. The number of hydrogen-bond acceptors (Lipinski definition) is 4. The highest BCUT2D eigenvalue weighted by molar-refractivity contribution is 6.00. The van der Waals surface area contributed by atoms with Crippen molar-refractivity contribution in [3.05, 3.63) is 23.8 Å². The number of phenols is 2. The molecular formula is C14H17NO5. The van der Waals surface area contributed by atoms with Gasteiger partial charge in [-0.15, -0.1) is 0 Å². The normalized spacial score (nSPS) is 17.4. The van der Waals surface area contributed by atoms with Crippen LogP contribution in [0.3, 0.4) is 0 Å². The third-order valence-electron chi connectivity index (χ3n) is 3.73. The number of carbonyl (C=O) groups is 2. The van der Waals surface area contributed by atoms with Gasteiger partial charge in [0.05, 0.1) is 5.56 Å². The molecule has 1 saturated carbocycles. The number of hydrogen-bond donors (Lipinski definition) is 4. The fraction of sp³-hybridized carbons (Fsp3) is 0.429. The summed E-state index contributed by atoms with van der Waals surface area (Å²) in [5.41, 5.74) is -1.41. The van der Waals surface area contributed by atoms with E-state index in [1.54, 1.807) is 0 Å². The van der Waals surface area contributed by atoms with Crippen molar-refractivity contribution in [1.29, 1.82) is 0 Å². The molecule has 4 N–H and O–H groups in total. The molecule has 1 aromatic rings. The monoisotopic (exact) mass is 279 g/mol. The average Bonchev–Trinajstić information content (AvgIpc) is 2.42. The number of rotatable bonds is 3. The Kier molecular flexibility index (Phi) is 3.83. The molecule has 6 heteroatoms. The second kappa shape index (κ2) is 5.40. The van der Waals surface area contributed by atoms with Gasteiger partial charge in [0.15, 0.2) is 11.5 Å². The molecule has 1 aliphatic carbocycles. The molecule has 108 valence electrons. The van der Waals surface area contributed by atoms with E-state index in [-0.39, 0.29) is 5.56 Å². The lowest BCUT2D eigenvalue weighted by Crippen LogP contribution is -2.55. The first-order valence-electron chi connectivity index (χ1n) is 6.53. The number of benzene rings is 1. The van der Waals surface area contributed by atoms with Gasteiger partial charge in [-0.3, -0.25) is 4.79 Å². The zero-order valence-corrected chi connectivity index (χ0v) is 10.9. The van der Waals surface area contributed by atoms with Crippen LogP contribution in [-0.4, -0.2) is 32.7 Å². The Hall–Kier alpha value is -2.24. The first-order chi connectivity index (χ1) is 9.46. The van der Waals surface area contributed by atoms with Gasteiger partial charge in [0.2, 0.25) is 0 Å². The number of aromatic hydroxyl groups is 2. The van der Waals surface area contributed by atoms with Crippen LogP contribution in [0.4, 0.5) is 0 Å². The fourth-order valence-electron chi connectivity index (χ4n) is 2.55. The highest BCUT2D eigenvalue weighted by Gasteiger charge is 2.41. The van der Waals surface area contributed by atoms with Crippen LogP contribution in [0.5, 0.6) is 11.5 Å². The highest BCUT2D eigenvalue weighted by Crippen LogP contribution is 2.31. The Bertz CT molecular complexity index is 534. The number of para-hydroxylation sites is 1. The Morgan fingerprint density at radius 2 is 1.75 bits per heavy atom. The Labute approximate surface area is 116 Å². The van der Waals surface area contributed by atoms with E-state index in [1.807, 2.05) is 0 Å². The van der Waals surface area contributed by atoms with Crippen molar-refractivity contribution in [1.82, 2.24) is 5.32 Å². The Morgan fingerprint density at radius 3 is 2.35 bits per heavy atom. The van der Waals surface area contributed by atoms with Crippen LogP contribution in [0.1, 0.15) is 42.5 Å². The van der Waals surface area contributed by atoms with Crippen LogP contribution in [0.15, 0.2) is 18.2 Å². The summed E-state index contributed by atoms with van der Waals surface area (Å²) in [7, 11) is 0. The van der Waals surface area contributed by atoms with Gasteiger partial charge in [0.1, 0.15) is 5.54 Å². The van der Waals surface area contributed by atoms with Gasteiger partial charge in [-0.2, -0.15) is 0 Å². The Balaban J connectivity index is 2.25. The summed E-state index contributed by atoms with van der Waals surface area (Å²) in [5.74, 6) is -2.71. The lowest BCUT2D eigenvalue weighted by Gasteiger charge is -2.34. The summed E-state index contributed by atoms with van der Waals surface area (Å²) < 4.78 is 0. The van der Waals surface area contributed by atoms with Crippen molar-refractivity contribution in [2.75, 3.05) is 0 Å². The minimum atomic E-state index is -1.28.